The second-order valence-electron chi connectivity index (χ2n) is 4.85. The van der Waals surface area contributed by atoms with Gasteiger partial charge in [-0.2, -0.15) is 13.2 Å². The van der Waals surface area contributed by atoms with Gasteiger partial charge in [-0.1, -0.05) is 6.07 Å². The first-order chi connectivity index (χ1) is 11.8. The number of anilines is 1. The molecule has 5 nitrogen and oxygen atoms in total. The van der Waals surface area contributed by atoms with E-state index in [0.717, 1.165) is 24.3 Å². The normalized spacial score (nSPS) is 11.4. The molecule has 2 rings (SSSR count). The number of nitrogens with one attached hydrogen (secondary N) is 1. The van der Waals surface area contributed by atoms with Gasteiger partial charge >= 0.3 is 12.1 Å². The highest BCUT2D eigenvalue weighted by atomic mass is 19.4. The number of ether oxygens (including phenoxy) is 1. The number of carbonyl (C=O) groups is 2. The number of halogens is 3. The summed E-state index contributed by atoms with van der Waals surface area (Å²) in [5.74, 6) is -1.32. The van der Waals surface area contributed by atoms with E-state index in [1.165, 1.54) is 37.7 Å². The lowest BCUT2D eigenvalue weighted by molar-refractivity contribution is -0.137. The molecule has 0 aliphatic rings. The third-order valence-corrected chi connectivity index (χ3v) is 3.16. The number of carbonyl (C=O) groups excluding carboxylic acids is 2. The Kier molecular flexibility index (Phi) is 5.53. The molecule has 1 N–H and O–H groups in total. The van der Waals surface area contributed by atoms with Gasteiger partial charge in [0.2, 0.25) is 0 Å². The monoisotopic (exact) mass is 350 g/mol. The predicted molar refractivity (Wildman–Crippen MR) is 84.7 cm³/mol. The molecule has 0 unspecified atom stereocenters. The molecular formula is C17H13F3N2O3. The number of benzene rings is 1. The van der Waals surface area contributed by atoms with Crippen molar-refractivity contribution in [1.82, 2.24) is 4.98 Å². The quantitative estimate of drug-likeness (QED) is 0.676. The molecule has 0 fully saturated rings. The average Bonchev–Trinajstić information content (AvgIpc) is 2.60. The lowest BCUT2D eigenvalue weighted by Crippen LogP contribution is -2.14. The summed E-state index contributed by atoms with van der Waals surface area (Å²) in [7, 11) is 1.22. The number of esters is 1. The van der Waals surface area contributed by atoms with Gasteiger partial charge in [-0.3, -0.25) is 9.78 Å². The van der Waals surface area contributed by atoms with Crippen LogP contribution in [0.15, 0.2) is 48.8 Å². The number of hydrogen-bond acceptors (Lipinski definition) is 4. The number of pyridine rings is 1. The van der Waals surface area contributed by atoms with Gasteiger partial charge in [-0.25, -0.2) is 4.79 Å². The van der Waals surface area contributed by atoms with Crippen molar-refractivity contribution in [2.24, 2.45) is 0 Å². The molecule has 0 atom stereocenters. The minimum atomic E-state index is -4.54. The van der Waals surface area contributed by atoms with Gasteiger partial charge in [-0.05, 0) is 30.3 Å². The average molecular weight is 350 g/mol. The molecule has 0 radical (unpaired) electrons. The fourth-order valence-electron chi connectivity index (χ4n) is 1.91. The molecular weight excluding hydrogens is 337 g/mol. The number of amides is 1. The second-order valence-corrected chi connectivity index (χ2v) is 4.85. The molecule has 8 heteroatoms. The Morgan fingerprint density at radius 1 is 1.24 bits per heavy atom. The zero-order valence-electron chi connectivity index (χ0n) is 13.0. The first kappa shape index (κ1) is 18.2. The molecule has 1 aromatic carbocycles. The molecule has 0 spiro atoms. The summed E-state index contributed by atoms with van der Waals surface area (Å²) in [5, 5.41) is 2.48. The SMILES string of the molecule is COC(=O)/C=C/c1ccncc1NC(=O)c1cccc(C(F)(F)F)c1. The molecule has 0 aliphatic carbocycles. The molecule has 1 amide bonds. The third-order valence-electron chi connectivity index (χ3n) is 3.16. The van der Waals surface area contributed by atoms with Crippen LogP contribution in [0.5, 0.6) is 0 Å². The van der Waals surface area contributed by atoms with Gasteiger partial charge in [0.05, 0.1) is 24.6 Å². The number of hydrogen-bond donors (Lipinski definition) is 1. The maximum absolute atomic E-state index is 12.7. The van der Waals surface area contributed by atoms with E-state index in [2.05, 4.69) is 15.0 Å². The van der Waals surface area contributed by atoms with Crippen molar-refractivity contribution >= 4 is 23.6 Å². The van der Waals surface area contributed by atoms with Crippen molar-refractivity contribution in [2.75, 3.05) is 12.4 Å². The Labute approximate surface area is 141 Å². The van der Waals surface area contributed by atoms with Crippen LogP contribution in [0.2, 0.25) is 0 Å². The van der Waals surface area contributed by atoms with Crippen molar-refractivity contribution in [3.8, 4) is 0 Å². The van der Waals surface area contributed by atoms with Crippen LogP contribution in [0.1, 0.15) is 21.5 Å². The fourth-order valence-corrected chi connectivity index (χ4v) is 1.91. The summed E-state index contributed by atoms with van der Waals surface area (Å²) in [4.78, 5) is 27.2. The summed E-state index contributed by atoms with van der Waals surface area (Å²) >= 11 is 0. The van der Waals surface area contributed by atoms with Gasteiger partial charge in [-0.15, -0.1) is 0 Å². The smallest absolute Gasteiger partial charge is 0.416 e. The highest BCUT2D eigenvalue weighted by Crippen LogP contribution is 2.29. The van der Waals surface area contributed by atoms with E-state index < -0.39 is 23.6 Å². The number of aromatic nitrogens is 1. The molecule has 0 saturated carbocycles. The van der Waals surface area contributed by atoms with Crippen LogP contribution in [-0.4, -0.2) is 24.0 Å². The summed E-state index contributed by atoms with van der Waals surface area (Å²) in [6.45, 7) is 0. The predicted octanol–water partition coefficient (Wildman–Crippen LogP) is 3.54. The van der Waals surface area contributed by atoms with Crippen molar-refractivity contribution in [1.29, 1.82) is 0 Å². The highest BCUT2D eigenvalue weighted by molar-refractivity contribution is 6.05. The Morgan fingerprint density at radius 2 is 2.00 bits per heavy atom. The molecule has 25 heavy (non-hydrogen) atoms. The zero-order valence-corrected chi connectivity index (χ0v) is 13.0. The molecule has 1 aromatic heterocycles. The maximum Gasteiger partial charge on any atom is 0.416 e. The van der Waals surface area contributed by atoms with Crippen LogP contribution in [0, 0.1) is 0 Å². The van der Waals surface area contributed by atoms with E-state index in [9.17, 15) is 22.8 Å². The largest absolute Gasteiger partial charge is 0.466 e. The first-order valence-electron chi connectivity index (χ1n) is 7.00. The van der Waals surface area contributed by atoms with Gasteiger partial charge in [0.15, 0.2) is 0 Å². The van der Waals surface area contributed by atoms with Crippen LogP contribution >= 0.6 is 0 Å². The van der Waals surface area contributed by atoms with Crippen molar-refractivity contribution in [3.05, 3.63) is 65.5 Å². The van der Waals surface area contributed by atoms with E-state index >= 15 is 0 Å². The summed E-state index contributed by atoms with van der Waals surface area (Å²) in [5.41, 5.74) is -0.385. The topological polar surface area (TPSA) is 68.3 Å². The maximum atomic E-state index is 12.7. The van der Waals surface area contributed by atoms with Crippen LogP contribution in [-0.2, 0) is 15.7 Å². The summed E-state index contributed by atoms with van der Waals surface area (Å²) < 4.78 is 42.7. The fraction of sp³-hybridized carbons (Fsp3) is 0.118. The summed E-state index contributed by atoms with van der Waals surface area (Å²) in [6, 6.07) is 5.59. The third kappa shape index (κ3) is 4.90. The molecule has 0 bridgehead atoms. The number of nitrogens with zero attached hydrogens (tertiary/aromatic N) is 1. The van der Waals surface area contributed by atoms with Crippen molar-refractivity contribution < 1.29 is 27.5 Å². The van der Waals surface area contributed by atoms with Crippen molar-refractivity contribution in [2.45, 2.75) is 6.18 Å². The highest BCUT2D eigenvalue weighted by Gasteiger charge is 2.30. The Hall–Kier alpha value is -3.16. The van der Waals surface area contributed by atoms with Crippen LogP contribution < -0.4 is 5.32 Å². The standard InChI is InChI=1S/C17H13F3N2O3/c1-25-15(23)6-5-11-7-8-21-10-14(11)22-16(24)12-3-2-4-13(9-12)17(18,19)20/h2-10H,1H3,(H,22,24)/b6-5+. The van der Waals surface area contributed by atoms with Gasteiger partial charge in [0.1, 0.15) is 0 Å². The van der Waals surface area contributed by atoms with E-state index in [-0.39, 0.29) is 11.3 Å². The van der Waals surface area contributed by atoms with Crippen LogP contribution in [0.3, 0.4) is 0 Å². The molecule has 130 valence electrons. The number of rotatable bonds is 4. The zero-order chi connectivity index (χ0) is 18.4. The second kappa shape index (κ2) is 7.61. The van der Waals surface area contributed by atoms with Crippen molar-refractivity contribution in [3.63, 3.8) is 0 Å². The minimum Gasteiger partial charge on any atom is -0.466 e. The Bertz CT molecular complexity index is 817. The van der Waals surface area contributed by atoms with E-state index in [1.54, 1.807) is 0 Å². The van der Waals surface area contributed by atoms with E-state index in [4.69, 9.17) is 0 Å². The molecule has 0 saturated heterocycles. The van der Waals surface area contributed by atoms with Crippen LogP contribution in [0.25, 0.3) is 6.08 Å². The van der Waals surface area contributed by atoms with Gasteiger partial charge in [0, 0.05) is 23.4 Å². The van der Waals surface area contributed by atoms with E-state index in [1.807, 2.05) is 0 Å². The number of methoxy groups -OCH3 is 1. The lowest BCUT2D eigenvalue weighted by Gasteiger charge is -2.10. The summed E-state index contributed by atoms with van der Waals surface area (Å²) in [6.07, 6.45) is 0.767. The Morgan fingerprint density at radius 3 is 2.68 bits per heavy atom. The van der Waals surface area contributed by atoms with Gasteiger partial charge < -0.3 is 10.1 Å². The lowest BCUT2D eigenvalue weighted by atomic mass is 10.1. The van der Waals surface area contributed by atoms with Gasteiger partial charge in [0.25, 0.3) is 5.91 Å². The molecule has 0 aliphatic heterocycles. The first-order valence-corrected chi connectivity index (χ1v) is 7.00. The number of alkyl halides is 3. The van der Waals surface area contributed by atoms with Crippen LogP contribution in [0.4, 0.5) is 18.9 Å². The minimum absolute atomic E-state index is 0.151. The molecule has 2 aromatic rings. The van der Waals surface area contributed by atoms with E-state index in [0.29, 0.717) is 5.56 Å². The molecule has 1 heterocycles. The Balaban J connectivity index is 2.24.